The van der Waals surface area contributed by atoms with Crippen molar-refractivity contribution in [3.63, 3.8) is 0 Å². The van der Waals surface area contributed by atoms with E-state index < -0.39 is 0 Å². The molecule has 0 amide bonds. The highest BCUT2D eigenvalue weighted by Crippen LogP contribution is 2.22. The van der Waals surface area contributed by atoms with Gasteiger partial charge in [-0.05, 0) is 19.1 Å². The molecule has 0 saturated carbocycles. The molecule has 1 heterocycles. The predicted octanol–water partition coefficient (Wildman–Crippen LogP) is 2.34. The van der Waals surface area contributed by atoms with Gasteiger partial charge in [-0.15, -0.1) is 0 Å². The van der Waals surface area contributed by atoms with Crippen molar-refractivity contribution in [1.82, 2.24) is 5.32 Å². The second-order valence-electron chi connectivity index (χ2n) is 4.03. The van der Waals surface area contributed by atoms with Crippen LogP contribution in [0.2, 0.25) is 0 Å². The quantitative estimate of drug-likeness (QED) is 0.776. The summed E-state index contributed by atoms with van der Waals surface area (Å²) in [4.78, 5) is 0. The van der Waals surface area contributed by atoms with E-state index in [2.05, 4.69) is 36.5 Å². The van der Waals surface area contributed by atoms with Gasteiger partial charge < -0.3 is 14.8 Å². The van der Waals surface area contributed by atoms with Crippen molar-refractivity contribution in [1.29, 1.82) is 0 Å². The summed E-state index contributed by atoms with van der Waals surface area (Å²) in [5.41, 5.74) is 2.33. The first-order valence-corrected chi connectivity index (χ1v) is 5.77. The van der Waals surface area contributed by atoms with Gasteiger partial charge in [0.1, 0.15) is 11.5 Å². The van der Waals surface area contributed by atoms with E-state index >= 15 is 0 Å². The maximum Gasteiger partial charge on any atom is 0.134 e. The SMILES string of the molecule is Cc1ccc(-c2ccc(CNCCO)o2)cc1. The van der Waals surface area contributed by atoms with E-state index in [9.17, 15) is 0 Å². The molecule has 3 nitrogen and oxygen atoms in total. The number of aliphatic hydroxyl groups is 1. The molecule has 0 spiro atoms. The molecule has 1 aromatic carbocycles. The molecule has 0 atom stereocenters. The van der Waals surface area contributed by atoms with Crippen LogP contribution in [-0.2, 0) is 6.54 Å². The number of nitrogens with one attached hydrogen (secondary N) is 1. The Bertz CT molecular complexity index is 459. The van der Waals surface area contributed by atoms with Gasteiger partial charge in [0.05, 0.1) is 13.2 Å². The second kappa shape index (κ2) is 5.66. The Kier molecular flexibility index (Phi) is 3.96. The van der Waals surface area contributed by atoms with E-state index in [1.165, 1.54) is 5.56 Å². The Morgan fingerprint density at radius 3 is 2.59 bits per heavy atom. The largest absolute Gasteiger partial charge is 0.460 e. The summed E-state index contributed by atoms with van der Waals surface area (Å²) in [5.74, 6) is 1.76. The summed E-state index contributed by atoms with van der Waals surface area (Å²) in [5, 5.41) is 11.7. The summed E-state index contributed by atoms with van der Waals surface area (Å²) in [6.07, 6.45) is 0. The molecule has 0 aliphatic heterocycles. The Morgan fingerprint density at radius 1 is 1.12 bits per heavy atom. The smallest absolute Gasteiger partial charge is 0.134 e. The molecular formula is C14H17NO2. The van der Waals surface area contributed by atoms with Gasteiger partial charge >= 0.3 is 0 Å². The number of furan rings is 1. The number of benzene rings is 1. The van der Waals surface area contributed by atoms with E-state index in [4.69, 9.17) is 9.52 Å². The predicted molar refractivity (Wildman–Crippen MR) is 67.7 cm³/mol. The van der Waals surface area contributed by atoms with Crippen LogP contribution in [0.1, 0.15) is 11.3 Å². The molecule has 3 heteroatoms. The zero-order valence-corrected chi connectivity index (χ0v) is 9.94. The summed E-state index contributed by atoms with van der Waals surface area (Å²) < 4.78 is 5.71. The lowest BCUT2D eigenvalue weighted by Crippen LogP contribution is -2.16. The van der Waals surface area contributed by atoms with Gasteiger partial charge in [0.15, 0.2) is 0 Å². The first-order chi connectivity index (χ1) is 8.29. The van der Waals surface area contributed by atoms with Crippen LogP contribution in [0.4, 0.5) is 0 Å². The fraction of sp³-hybridized carbons (Fsp3) is 0.286. The number of hydrogen-bond donors (Lipinski definition) is 2. The van der Waals surface area contributed by atoms with Gasteiger partial charge in [0.25, 0.3) is 0 Å². The van der Waals surface area contributed by atoms with Crippen LogP contribution in [0.15, 0.2) is 40.8 Å². The summed E-state index contributed by atoms with van der Waals surface area (Å²) >= 11 is 0. The van der Waals surface area contributed by atoms with Crippen molar-refractivity contribution in [3.8, 4) is 11.3 Å². The molecule has 0 unspecified atom stereocenters. The fourth-order valence-electron chi connectivity index (χ4n) is 1.64. The third-order valence-corrected chi connectivity index (χ3v) is 2.59. The molecular weight excluding hydrogens is 214 g/mol. The first kappa shape index (κ1) is 11.9. The molecule has 0 radical (unpaired) electrons. The maximum atomic E-state index is 8.66. The Balaban J connectivity index is 2.04. The molecule has 90 valence electrons. The van der Waals surface area contributed by atoms with Crippen molar-refractivity contribution in [2.45, 2.75) is 13.5 Å². The number of aryl methyl sites for hydroxylation is 1. The van der Waals surface area contributed by atoms with Gasteiger partial charge in [-0.3, -0.25) is 0 Å². The number of aliphatic hydroxyl groups excluding tert-OH is 1. The molecule has 2 rings (SSSR count). The first-order valence-electron chi connectivity index (χ1n) is 5.77. The van der Waals surface area contributed by atoms with Crippen LogP contribution in [0.3, 0.4) is 0 Å². The van der Waals surface area contributed by atoms with Crippen molar-refractivity contribution < 1.29 is 9.52 Å². The Hall–Kier alpha value is -1.58. The van der Waals surface area contributed by atoms with Crippen molar-refractivity contribution in [2.24, 2.45) is 0 Å². The fourth-order valence-corrected chi connectivity index (χ4v) is 1.64. The highest BCUT2D eigenvalue weighted by molar-refractivity contribution is 5.57. The van der Waals surface area contributed by atoms with E-state index in [-0.39, 0.29) is 6.61 Å². The van der Waals surface area contributed by atoms with Crippen LogP contribution in [0, 0.1) is 6.92 Å². The zero-order chi connectivity index (χ0) is 12.1. The third-order valence-electron chi connectivity index (χ3n) is 2.59. The minimum absolute atomic E-state index is 0.144. The maximum absolute atomic E-state index is 8.66. The van der Waals surface area contributed by atoms with Gasteiger partial charge in [-0.2, -0.15) is 0 Å². The summed E-state index contributed by atoms with van der Waals surface area (Å²) in [6, 6.07) is 12.2. The lowest BCUT2D eigenvalue weighted by molar-refractivity contribution is 0.290. The minimum Gasteiger partial charge on any atom is -0.460 e. The van der Waals surface area contributed by atoms with Crippen molar-refractivity contribution >= 4 is 0 Å². The van der Waals surface area contributed by atoms with E-state index in [1.54, 1.807) is 0 Å². The third kappa shape index (κ3) is 3.19. The zero-order valence-electron chi connectivity index (χ0n) is 9.94. The van der Waals surface area contributed by atoms with Crippen LogP contribution in [0.25, 0.3) is 11.3 Å². The molecule has 0 aliphatic carbocycles. The monoisotopic (exact) mass is 231 g/mol. The van der Waals surface area contributed by atoms with Gasteiger partial charge in [-0.25, -0.2) is 0 Å². The lowest BCUT2D eigenvalue weighted by atomic mass is 10.1. The number of rotatable bonds is 5. The second-order valence-corrected chi connectivity index (χ2v) is 4.03. The molecule has 0 fully saturated rings. The van der Waals surface area contributed by atoms with E-state index in [0.29, 0.717) is 13.1 Å². The van der Waals surface area contributed by atoms with Crippen molar-refractivity contribution in [2.75, 3.05) is 13.2 Å². The molecule has 0 bridgehead atoms. The average molecular weight is 231 g/mol. The van der Waals surface area contributed by atoms with Crippen LogP contribution in [-0.4, -0.2) is 18.3 Å². The van der Waals surface area contributed by atoms with Gasteiger partial charge in [-0.1, -0.05) is 29.8 Å². The van der Waals surface area contributed by atoms with Crippen LogP contribution >= 0.6 is 0 Å². The number of hydrogen-bond acceptors (Lipinski definition) is 3. The molecule has 17 heavy (non-hydrogen) atoms. The molecule has 1 aromatic heterocycles. The van der Waals surface area contributed by atoms with E-state index in [0.717, 1.165) is 17.1 Å². The Labute approximate surface area is 101 Å². The molecule has 2 N–H and O–H groups in total. The van der Waals surface area contributed by atoms with Gasteiger partial charge in [0, 0.05) is 12.1 Å². The summed E-state index contributed by atoms with van der Waals surface area (Å²) in [6.45, 7) is 3.44. The normalized spacial score (nSPS) is 10.7. The topological polar surface area (TPSA) is 45.4 Å². The van der Waals surface area contributed by atoms with Gasteiger partial charge in [0.2, 0.25) is 0 Å². The molecule has 0 aliphatic rings. The van der Waals surface area contributed by atoms with Crippen LogP contribution in [0.5, 0.6) is 0 Å². The molecule has 0 saturated heterocycles. The minimum atomic E-state index is 0.144. The summed E-state index contributed by atoms with van der Waals surface area (Å²) in [7, 11) is 0. The van der Waals surface area contributed by atoms with Crippen LogP contribution < -0.4 is 5.32 Å². The highest BCUT2D eigenvalue weighted by atomic mass is 16.3. The lowest BCUT2D eigenvalue weighted by Gasteiger charge is -2.00. The average Bonchev–Trinajstić information content (AvgIpc) is 2.79. The van der Waals surface area contributed by atoms with Crippen molar-refractivity contribution in [3.05, 3.63) is 47.7 Å². The molecule has 2 aromatic rings. The Morgan fingerprint density at radius 2 is 1.88 bits per heavy atom. The highest BCUT2D eigenvalue weighted by Gasteiger charge is 2.03. The van der Waals surface area contributed by atoms with E-state index in [1.807, 2.05) is 12.1 Å². The standard InChI is InChI=1S/C14H17NO2/c1-11-2-4-12(5-3-11)14-7-6-13(17-14)10-15-8-9-16/h2-7,15-16H,8-10H2,1H3.